The van der Waals surface area contributed by atoms with Crippen LogP contribution in [0.25, 0.3) is 0 Å². The molecule has 0 aliphatic heterocycles. The first-order valence-electron chi connectivity index (χ1n) is 6.37. The van der Waals surface area contributed by atoms with Gasteiger partial charge in [-0.2, -0.15) is 0 Å². The third-order valence-corrected chi connectivity index (χ3v) is 4.33. The van der Waals surface area contributed by atoms with E-state index in [1.165, 1.54) is 18.2 Å². The summed E-state index contributed by atoms with van der Waals surface area (Å²) in [6.45, 7) is 1.93. The number of hydrogen-bond donors (Lipinski definition) is 2. The zero-order valence-electron chi connectivity index (χ0n) is 10.9. The third-order valence-electron chi connectivity index (χ3n) is 3.64. The molecule has 2 N–H and O–H groups in total. The van der Waals surface area contributed by atoms with Crippen molar-refractivity contribution in [3.05, 3.63) is 28.5 Å². The highest BCUT2D eigenvalue weighted by molar-refractivity contribution is 9.10. The molecule has 0 radical (unpaired) electrons. The lowest BCUT2D eigenvalue weighted by molar-refractivity contribution is -0.145. The minimum atomic E-state index is -0.951. The van der Waals surface area contributed by atoms with E-state index in [1.54, 1.807) is 0 Å². The number of rotatable bonds is 3. The van der Waals surface area contributed by atoms with Crippen molar-refractivity contribution >= 4 is 33.5 Å². The van der Waals surface area contributed by atoms with Crippen LogP contribution < -0.4 is 5.32 Å². The van der Waals surface area contributed by atoms with Gasteiger partial charge in [0, 0.05) is 4.47 Å². The summed E-state index contributed by atoms with van der Waals surface area (Å²) in [6.07, 6.45) is 1.04. The number of carbonyl (C=O) groups excluding carboxylic acids is 1. The molecule has 1 fully saturated rings. The van der Waals surface area contributed by atoms with E-state index in [1.807, 2.05) is 6.92 Å². The van der Waals surface area contributed by atoms with Crippen molar-refractivity contribution in [3.63, 3.8) is 0 Å². The summed E-state index contributed by atoms with van der Waals surface area (Å²) in [5, 5.41) is 11.8. The van der Waals surface area contributed by atoms with Crippen LogP contribution >= 0.6 is 15.9 Å². The molecule has 0 aromatic heterocycles. The Morgan fingerprint density at radius 3 is 2.65 bits per heavy atom. The first kappa shape index (κ1) is 15.0. The maximum atomic E-state index is 13.2. The molecule has 1 aromatic carbocycles. The van der Waals surface area contributed by atoms with Crippen LogP contribution in [0.15, 0.2) is 22.7 Å². The van der Waals surface area contributed by atoms with Gasteiger partial charge in [-0.1, -0.05) is 6.92 Å². The quantitative estimate of drug-likeness (QED) is 0.884. The minimum Gasteiger partial charge on any atom is -0.481 e. The number of carboxylic acid groups (broad SMARTS) is 1. The summed E-state index contributed by atoms with van der Waals surface area (Å²) in [5.74, 6) is -2.82. The molecule has 2 rings (SSSR count). The first-order valence-corrected chi connectivity index (χ1v) is 7.16. The van der Waals surface area contributed by atoms with Gasteiger partial charge < -0.3 is 10.4 Å². The number of amides is 1. The largest absolute Gasteiger partial charge is 0.481 e. The SMILES string of the molecule is CC1C[C@H](C(=O)Nc2cc(F)ccc2Br)[C@H](C(=O)O)C1. The van der Waals surface area contributed by atoms with Crippen molar-refractivity contribution in [1.29, 1.82) is 0 Å². The van der Waals surface area contributed by atoms with Crippen LogP contribution in [-0.4, -0.2) is 17.0 Å². The lowest BCUT2D eigenvalue weighted by atomic mass is 9.95. The van der Waals surface area contributed by atoms with Gasteiger partial charge >= 0.3 is 5.97 Å². The van der Waals surface area contributed by atoms with Crippen molar-refractivity contribution in [2.45, 2.75) is 19.8 Å². The number of nitrogens with one attached hydrogen (secondary N) is 1. The Hall–Kier alpha value is -1.43. The van der Waals surface area contributed by atoms with Crippen LogP contribution in [0.2, 0.25) is 0 Å². The fourth-order valence-electron chi connectivity index (χ4n) is 2.67. The van der Waals surface area contributed by atoms with Gasteiger partial charge in [-0.05, 0) is 52.9 Å². The van der Waals surface area contributed by atoms with E-state index in [0.717, 1.165) is 0 Å². The second kappa shape index (κ2) is 5.91. The molecule has 108 valence electrons. The second-order valence-electron chi connectivity index (χ2n) is 5.24. The Bertz CT molecular complexity index is 549. The lowest BCUT2D eigenvalue weighted by Crippen LogP contribution is -2.30. The van der Waals surface area contributed by atoms with Gasteiger partial charge in [0.05, 0.1) is 17.5 Å². The van der Waals surface area contributed by atoms with E-state index in [9.17, 15) is 14.0 Å². The van der Waals surface area contributed by atoms with Crippen molar-refractivity contribution < 1.29 is 19.1 Å². The van der Waals surface area contributed by atoms with Gasteiger partial charge in [0.2, 0.25) is 5.91 Å². The van der Waals surface area contributed by atoms with E-state index < -0.39 is 23.6 Å². The van der Waals surface area contributed by atoms with Gasteiger partial charge in [0.25, 0.3) is 0 Å². The van der Waals surface area contributed by atoms with Crippen LogP contribution in [0, 0.1) is 23.6 Å². The van der Waals surface area contributed by atoms with E-state index in [0.29, 0.717) is 23.0 Å². The third kappa shape index (κ3) is 3.17. The average Bonchev–Trinajstić information content (AvgIpc) is 2.76. The molecule has 4 nitrogen and oxygen atoms in total. The van der Waals surface area contributed by atoms with Gasteiger partial charge in [0.15, 0.2) is 0 Å². The summed E-state index contributed by atoms with van der Waals surface area (Å²) in [6, 6.07) is 3.98. The topological polar surface area (TPSA) is 66.4 Å². The minimum absolute atomic E-state index is 0.197. The molecule has 1 aliphatic rings. The fourth-order valence-corrected chi connectivity index (χ4v) is 3.02. The van der Waals surface area contributed by atoms with Crippen LogP contribution in [0.1, 0.15) is 19.8 Å². The highest BCUT2D eigenvalue weighted by atomic mass is 79.9. The molecule has 0 spiro atoms. The Morgan fingerprint density at radius 1 is 1.35 bits per heavy atom. The monoisotopic (exact) mass is 343 g/mol. The summed E-state index contributed by atoms with van der Waals surface area (Å²) in [5.41, 5.74) is 0.318. The van der Waals surface area contributed by atoms with E-state index in [-0.39, 0.29) is 11.8 Å². The van der Waals surface area contributed by atoms with Crippen molar-refractivity contribution in [2.75, 3.05) is 5.32 Å². The van der Waals surface area contributed by atoms with E-state index in [2.05, 4.69) is 21.2 Å². The molecule has 0 heterocycles. The Morgan fingerprint density at radius 2 is 2.00 bits per heavy atom. The smallest absolute Gasteiger partial charge is 0.307 e. The molecule has 20 heavy (non-hydrogen) atoms. The molecular formula is C14H15BrFNO3. The van der Waals surface area contributed by atoms with Crippen molar-refractivity contribution in [1.82, 2.24) is 0 Å². The molecule has 1 aromatic rings. The summed E-state index contributed by atoms with van der Waals surface area (Å²) >= 11 is 3.23. The molecule has 3 atom stereocenters. The van der Waals surface area contributed by atoms with E-state index >= 15 is 0 Å². The highest BCUT2D eigenvalue weighted by Crippen LogP contribution is 2.37. The molecule has 1 saturated carbocycles. The van der Waals surface area contributed by atoms with Gasteiger partial charge in [-0.3, -0.25) is 9.59 Å². The molecule has 0 bridgehead atoms. The fraction of sp³-hybridized carbons (Fsp3) is 0.429. The van der Waals surface area contributed by atoms with Crippen LogP contribution in [0.5, 0.6) is 0 Å². The average molecular weight is 344 g/mol. The van der Waals surface area contributed by atoms with Crippen LogP contribution in [0.4, 0.5) is 10.1 Å². The normalized spacial score (nSPS) is 25.4. The molecule has 6 heteroatoms. The molecular weight excluding hydrogens is 329 g/mol. The van der Waals surface area contributed by atoms with E-state index in [4.69, 9.17) is 5.11 Å². The number of hydrogen-bond acceptors (Lipinski definition) is 2. The number of anilines is 1. The second-order valence-corrected chi connectivity index (χ2v) is 6.10. The highest BCUT2D eigenvalue weighted by Gasteiger charge is 2.41. The van der Waals surface area contributed by atoms with Crippen molar-refractivity contribution in [3.8, 4) is 0 Å². The Labute approximate surface area is 124 Å². The summed E-state index contributed by atoms with van der Waals surface area (Å²) in [4.78, 5) is 23.4. The van der Waals surface area contributed by atoms with Gasteiger partial charge in [0.1, 0.15) is 5.82 Å². The maximum absolute atomic E-state index is 13.2. The number of carbonyl (C=O) groups is 2. The van der Waals surface area contributed by atoms with Gasteiger partial charge in [-0.25, -0.2) is 4.39 Å². The number of benzene rings is 1. The van der Waals surface area contributed by atoms with Crippen LogP contribution in [-0.2, 0) is 9.59 Å². The molecule has 1 aliphatic carbocycles. The Balaban J connectivity index is 2.15. The predicted octanol–water partition coefficient (Wildman–Crippen LogP) is 3.27. The van der Waals surface area contributed by atoms with Gasteiger partial charge in [-0.15, -0.1) is 0 Å². The first-order chi connectivity index (χ1) is 9.38. The zero-order chi connectivity index (χ0) is 14.9. The molecule has 1 unspecified atom stereocenters. The number of aliphatic carboxylic acids is 1. The maximum Gasteiger partial charge on any atom is 0.307 e. The van der Waals surface area contributed by atoms with Crippen molar-refractivity contribution in [2.24, 2.45) is 17.8 Å². The molecule has 1 amide bonds. The molecule has 0 saturated heterocycles. The summed E-state index contributed by atoms with van der Waals surface area (Å²) in [7, 11) is 0. The number of carboxylic acids is 1. The zero-order valence-corrected chi connectivity index (χ0v) is 12.5. The predicted molar refractivity (Wildman–Crippen MR) is 75.7 cm³/mol. The Kier molecular flexibility index (Phi) is 4.42. The summed E-state index contributed by atoms with van der Waals surface area (Å²) < 4.78 is 13.7. The lowest BCUT2D eigenvalue weighted by Gasteiger charge is -2.16. The van der Waals surface area contributed by atoms with Crippen LogP contribution in [0.3, 0.4) is 0 Å². The standard InChI is InChI=1S/C14H15BrFNO3/c1-7-4-9(10(5-7)14(19)20)13(18)17-12-6-8(16)2-3-11(12)15/h2-3,6-7,9-10H,4-5H2,1H3,(H,17,18)(H,19,20)/t7?,9-,10+/m0/s1. The number of halogens is 2.